The van der Waals surface area contributed by atoms with Crippen LogP contribution in [0.4, 0.5) is 0 Å². The lowest BCUT2D eigenvalue weighted by molar-refractivity contribution is -0.147. The summed E-state index contributed by atoms with van der Waals surface area (Å²) in [5, 5.41) is 6.94. The van der Waals surface area contributed by atoms with Crippen molar-refractivity contribution in [3.63, 3.8) is 0 Å². The van der Waals surface area contributed by atoms with Gasteiger partial charge in [-0.25, -0.2) is 4.98 Å². The van der Waals surface area contributed by atoms with Crippen LogP contribution in [0.5, 0.6) is 11.5 Å². The highest BCUT2D eigenvalue weighted by Gasteiger charge is 2.37. The molecule has 5 amide bonds. The van der Waals surface area contributed by atoms with Crippen molar-refractivity contribution in [1.82, 2.24) is 44.7 Å². The molecule has 79 heavy (non-hydrogen) atoms. The summed E-state index contributed by atoms with van der Waals surface area (Å²) < 4.78 is 14.2. The molecule has 19 heteroatoms. The number of amides is 5. The average molecular weight is 1140 g/mol. The Morgan fingerprint density at radius 2 is 1.43 bits per heavy atom. The average Bonchev–Trinajstić information content (AvgIpc) is 4.13. The molecule has 16 nitrogen and oxygen atoms in total. The van der Waals surface area contributed by atoms with E-state index < -0.39 is 47.8 Å². The highest BCUT2D eigenvalue weighted by atomic mass is 35.5. The van der Waals surface area contributed by atoms with E-state index in [2.05, 4.69) is 25.0 Å². The van der Waals surface area contributed by atoms with E-state index >= 15 is 9.59 Å². The largest absolute Gasteiger partial charge is 0.457 e. The van der Waals surface area contributed by atoms with Crippen LogP contribution in [0.3, 0.4) is 0 Å². The van der Waals surface area contributed by atoms with Crippen LogP contribution >= 0.6 is 35.6 Å². The van der Waals surface area contributed by atoms with Gasteiger partial charge in [-0.05, 0) is 139 Å². The van der Waals surface area contributed by atoms with E-state index in [0.717, 1.165) is 67.2 Å². The van der Waals surface area contributed by atoms with E-state index in [0.29, 0.717) is 39.9 Å². The van der Waals surface area contributed by atoms with Crippen molar-refractivity contribution in [2.75, 3.05) is 68.1 Å². The maximum atomic E-state index is 15.3. The highest BCUT2D eigenvalue weighted by molar-refractivity contribution is 6.31. The van der Waals surface area contributed by atoms with Crippen LogP contribution in [0, 0.1) is 5.92 Å². The fourth-order valence-electron chi connectivity index (χ4n) is 10.3. The van der Waals surface area contributed by atoms with Gasteiger partial charge in [0.1, 0.15) is 29.4 Å². The van der Waals surface area contributed by atoms with E-state index in [1.165, 1.54) is 29.8 Å². The lowest BCUT2D eigenvalue weighted by Crippen LogP contribution is -2.57. The third-order valence-corrected chi connectivity index (χ3v) is 15.6. The number of benzene rings is 4. The van der Waals surface area contributed by atoms with Gasteiger partial charge in [0.25, 0.3) is 0 Å². The first kappa shape index (κ1) is 62.2. The number of halogens is 3. The van der Waals surface area contributed by atoms with Crippen molar-refractivity contribution >= 4 is 65.1 Å². The molecule has 3 heterocycles. The molecule has 2 aliphatic heterocycles. The Labute approximate surface area is 482 Å². The maximum absolute atomic E-state index is 15.3. The zero-order chi connectivity index (χ0) is 55.9. The predicted molar refractivity (Wildman–Crippen MR) is 312 cm³/mol. The Bertz CT molecular complexity index is 2790. The molecular formula is C60H78Cl3N9O7. The SMILES string of the molecule is COC[C@@H]1NC(=O)[C@H](C)N(Cc2ccc(Cl)cc2Oc2ccc(-c3cnc(CN4CCCC4)n3C)cc2)C(=O)C[C@@H](Cc2ccccc2)C(=O)N(C)[C@@H](CCCCN(C)C)CNC(=O)C[C@H](Cc2ccc(Cl)cc2)N(C)C1=O.Cl. The van der Waals surface area contributed by atoms with Gasteiger partial charge in [0.05, 0.1) is 37.5 Å². The Morgan fingerprint density at radius 3 is 2.11 bits per heavy atom. The summed E-state index contributed by atoms with van der Waals surface area (Å²) in [5.41, 5.74) is 4.18. The molecule has 0 bridgehead atoms. The second-order valence-electron chi connectivity index (χ2n) is 21.1. The van der Waals surface area contributed by atoms with Crippen LogP contribution in [-0.2, 0) is 61.7 Å². The van der Waals surface area contributed by atoms with Crippen LogP contribution in [0.25, 0.3) is 11.3 Å². The predicted octanol–water partition coefficient (Wildman–Crippen LogP) is 8.45. The number of imidazole rings is 1. The number of unbranched alkanes of at least 4 members (excludes halogenated alkanes) is 1. The monoisotopic (exact) mass is 1140 g/mol. The number of carbonyl (C=O) groups is 5. The lowest BCUT2D eigenvalue weighted by atomic mass is 9.92. The molecule has 426 valence electrons. The molecule has 2 fully saturated rings. The Kier molecular flexibility index (Phi) is 23.6. The van der Waals surface area contributed by atoms with Gasteiger partial charge in [0.2, 0.25) is 29.5 Å². The van der Waals surface area contributed by atoms with Crippen LogP contribution in [0.1, 0.15) is 74.4 Å². The van der Waals surface area contributed by atoms with Gasteiger partial charge in [0.15, 0.2) is 0 Å². The molecule has 0 unspecified atom stereocenters. The van der Waals surface area contributed by atoms with Gasteiger partial charge in [-0.2, -0.15) is 0 Å². The van der Waals surface area contributed by atoms with Crippen LogP contribution in [0.2, 0.25) is 10.0 Å². The fourth-order valence-corrected chi connectivity index (χ4v) is 10.6. The Hall–Kier alpha value is -6.01. The number of ether oxygens (including phenoxy) is 2. The number of hydrogen-bond acceptors (Lipinski definition) is 10. The summed E-state index contributed by atoms with van der Waals surface area (Å²) in [6, 6.07) is 26.1. The molecule has 5 aromatic rings. The molecule has 1 aromatic heterocycles. The van der Waals surface area contributed by atoms with Gasteiger partial charge in [-0.15, -0.1) is 12.4 Å². The number of nitrogens with zero attached hydrogens (tertiary/aromatic N) is 7. The number of nitrogens with one attached hydrogen (secondary N) is 2. The third-order valence-electron chi connectivity index (χ3n) is 15.1. The van der Waals surface area contributed by atoms with E-state index in [1.807, 2.05) is 94.1 Å². The molecule has 0 saturated carbocycles. The summed E-state index contributed by atoms with van der Waals surface area (Å²) in [5.74, 6) is -1.16. The number of likely N-dealkylation sites (N-methyl/N-ethyl adjacent to an activating group) is 2. The standard InChI is InChI=1S/C60H77Cl2N9O7.ClH/c1-41-58(74)65-52(40-77-7)60(76)68(5)50(32-43-18-23-47(61)24-19-43)35-56(72)64-36-49(17-11-12-28-66(2)3)67(4)59(75)46(31-42-15-9-8-10-16-42)33-57(73)71(41)38-45-20-25-48(62)34-54(45)78-51-26-21-44(22-27-51)53-37-63-55(69(53)6)39-70-29-13-14-30-70;/h8-10,15-16,18-27,34,37,41,46,49-50,52H,11-14,17,28-33,35-36,38-40H2,1-7H3,(H,64,72)(H,65,74);1H/t41-,46+,49-,50-,52-;/m0./s1. The number of aromatic nitrogens is 2. The maximum Gasteiger partial charge on any atom is 0.247 e. The molecule has 0 radical (unpaired) electrons. The normalized spacial score (nSPS) is 20.5. The minimum absolute atomic E-state index is 0. The second kappa shape index (κ2) is 30.0. The van der Waals surface area contributed by atoms with Crippen molar-refractivity contribution in [2.45, 2.75) is 102 Å². The summed E-state index contributed by atoms with van der Waals surface area (Å²) in [7, 11) is 10.8. The molecular weight excluding hydrogens is 1070 g/mol. The first-order valence-corrected chi connectivity index (χ1v) is 27.8. The molecule has 2 aliphatic rings. The summed E-state index contributed by atoms with van der Waals surface area (Å²) >= 11 is 12.9. The summed E-state index contributed by atoms with van der Waals surface area (Å²) in [6.45, 7) is 5.23. The quantitative estimate of drug-likeness (QED) is 0.0815. The van der Waals surface area contributed by atoms with Crippen molar-refractivity contribution < 1.29 is 33.4 Å². The van der Waals surface area contributed by atoms with Gasteiger partial charge in [-0.3, -0.25) is 28.9 Å². The van der Waals surface area contributed by atoms with Gasteiger partial charge < -0.3 is 44.3 Å². The smallest absolute Gasteiger partial charge is 0.247 e. The number of likely N-dealkylation sites (tertiary alicyclic amines) is 1. The lowest BCUT2D eigenvalue weighted by Gasteiger charge is -2.35. The van der Waals surface area contributed by atoms with Crippen molar-refractivity contribution in [3.8, 4) is 22.8 Å². The Morgan fingerprint density at radius 1 is 0.759 bits per heavy atom. The second-order valence-corrected chi connectivity index (χ2v) is 22.0. The highest BCUT2D eigenvalue weighted by Crippen LogP contribution is 2.33. The fraction of sp³-hybridized carbons (Fsp3) is 0.467. The zero-order valence-corrected chi connectivity index (χ0v) is 49.0. The van der Waals surface area contributed by atoms with Crippen LogP contribution in [0.15, 0.2) is 103 Å². The van der Waals surface area contributed by atoms with Gasteiger partial charge in [-0.1, -0.05) is 78.2 Å². The van der Waals surface area contributed by atoms with E-state index in [9.17, 15) is 14.4 Å². The number of hydrogen-bond donors (Lipinski definition) is 2. The first-order chi connectivity index (χ1) is 37.5. The third kappa shape index (κ3) is 17.5. The first-order valence-electron chi connectivity index (χ1n) is 27.1. The number of rotatable bonds is 18. The molecule has 0 spiro atoms. The van der Waals surface area contributed by atoms with Gasteiger partial charge >= 0.3 is 0 Å². The molecule has 0 aliphatic carbocycles. The van der Waals surface area contributed by atoms with E-state index in [-0.39, 0.29) is 63.2 Å². The van der Waals surface area contributed by atoms with Gasteiger partial charge in [0, 0.05) is 80.9 Å². The molecule has 5 atom stereocenters. The van der Waals surface area contributed by atoms with Crippen molar-refractivity contribution in [3.05, 3.63) is 136 Å². The van der Waals surface area contributed by atoms with Crippen molar-refractivity contribution in [2.24, 2.45) is 13.0 Å². The van der Waals surface area contributed by atoms with Crippen LogP contribution < -0.4 is 15.4 Å². The summed E-state index contributed by atoms with van der Waals surface area (Å²) in [4.78, 5) is 87.9. The molecule has 7 rings (SSSR count). The Balaban J connectivity index is 0.0000101. The number of methoxy groups -OCH3 is 1. The zero-order valence-electron chi connectivity index (χ0n) is 46.7. The van der Waals surface area contributed by atoms with Crippen molar-refractivity contribution in [1.29, 1.82) is 0 Å². The minimum Gasteiger partial charge on any atom is -0.457 e. The molecule has 4 aromatic carbocycles. The minimum atomic E-state index is -1.20. The summed E-state index contributed by atoms with van der Waals surface area (Å²) in [6.07, 6.45) is 6.73. The topological polar surface area (TPSA) is 162 Å². The molecule has 2 N–H and O–H groups in total. The van der Waals surface area contributed by atoms with Crippen LogP contribution in [-0.4, -0.2) is 156 Å². The van der Waals surface area contributed by atoms with E-state index in [1.54, 1.807) is 56.3 Å². The van der Waals surface area contributed by atoms with E-state index in [4.69, 9.17) is 37.7 Å². The number of carbonyl (C=O) groups excluding carboxylic acids is 5. The molecule has 2 saturated heterocycles.